The van der Waals surface area contributed by atoms with E-state index in [-0.39, 0.29) is 30.7 Å². The molecule has 148 valence electrons. The number of barbiturate groups is 1. The normalized spacial score (nSPS) is 32.1. The molecule has 3 atom stereocenters. The molecule has 7 nitrogen and oxygen atoms in total. The molecule has 0 aromatic carbocycles. The average molecular weight is 375 g/mol. The SMILES string of the molecule is CCN1C(=O)N(CC(=O)C2CCCNC2)C(=O)C(C)(C2C=CCCC2)C1=O. The van der Waals surface area contributed by atoms with E-state index in [9.17, 15) is 19.2 Å². The molecule has 0 aromatic rings. The van der Waals surface area contributed by atoms with Crippen LogP contribution >= 0.6 is 0 Å². The Kier molecular flexibility index (Phi) is 5.79. The van der Waals surface area contributed by atoms with Crippen molar-refractivity contribution in [3.63, 3.8) is 0 Å². The zero-order valence-electron chi connectivity index (χ0n) is 16.2. The second-order valence-electron chi connectivity index (χ2n) is 7.90. The lowest BCUT2D eigenvalue weighted by molar-refractivity contribution is -0.161. The maximum atomic E-state index is 13.3. The molecular weight excluding hydrogens is 346 g/mol. The molecule has 1 aliphatic carbocycles. The average Bonchev–Trinajstić information content (AvgIpc) is 2.71. The zero-order valence-corrected chi connectivity index (χ0v) is 16.2. The molecule has 27 heavy (non-hydrogen) atoms. The van der Waals surface area contributed by atoms with Gasteiger partial charge < -0.3 is 5.32 Å². The van der Waals surface area contributed by atoms with E-state index in [1.165, 1.54) is 0 Å². The van der Waals surface area contributed by atoms with Crippen LogP contribution in [0.5, 0.6) is 0 Å². The molecule has 1 N–H and O–H groups in total. The summed E-state index contributed by atoms with van der Waals surface area (Å²) in [6, 6.07) is -0.665. The number of Topliss-reactive ketones (excluding diaryl/α,β-unsaturated/α-hetero) is 1. The molecule has 3 rings (SSSR count). The highest BCUT2D eigenvalue weighted by Crippen LogP contribution is 2.41. The number of piperidine rings is 1. The van der Waals surface area contributed by atoms with E-state index in [2.05, 4.69) is 5.32 Å². The highest BCUT2D eigenvalue weighted by Gasteiger charge is 2.57. The van der Waals surface area contributed by atoms with Gasteiger partial charge in [0.1, 0.15) is 5.41 Å². The summed E-state index contributed by atoms with van der Waals surface area (Å²) in [5.74, 6) is -1.53. The third kappa shape index (κ3) is 3.45. The van der Waals surface area contributed by atoms with Gasteiger partial charge in [-0.2, -0.15) is 0 Å². The Bertz CT molecular complexity index is 668. The van der Waals surface area contributed by atoms with Crippen molar-refractivity contribution in [1.82, 2.24) is 15.1 Å². The molecule has 3 aliphatic rings. The number of ketones is 1. The highest BCUT2D eigenvalue weighted by atomic mass is 16.2. The Morgan fingerprint density at radius 3 is 2.52 bits per heavy atom. The first-order valence-corrected chi connectivity index (χ1v) is 9.99. The van der Waals surface area contributed by atoms with Gasteiger partial charge in [-0.1, -0.05) is 12.2 Å². The summed E-state index contributed by atoms with van der Waals surface area (Å²) >= 11 is 0. The van der Waals surface area contributed by atoms with E-state index in [1.54, 1.807) is 13.8 Å². The van der Waals surface area contributed by atoms with E-state index in [0.717, 1.165) is 48.4 Å². The summed E-state index contributed by atoms with van der Waals surface area (Å²) in [4.78, 5) is 54.0. The molecule has 7 heteroatoms. The van der Waals surface area contributed by atoms with Gasteiger partial charge in [0, 0.05) is 19.0 Å². The number of nitrogens with one attached hydrogen (secondary N) is 1. The topological polar surface area (TPSA) is 86.8 Å². The monoisotopic (exact) mass is 375 g/mol. The van der Waals surface area contributed by atoms with Gasteiger partial charge >= 0.3 is 6.03 Å². The van der Waals surface area contributed by atoms with Crippen molar-refractivity contribution in [3.05, 3.63) is 12.2 Å². The maximum absolute atomic E-state index is 13.3. The quantitative estimate of drug-likeness (QED) is 0.584. The summed E-state index contributed by atoms with van der Waals surface area (Å²) in [6.45, 7) is 4.75. The Morgan fingerprint density at radius 1 is 1.19 bits per heavy atom. The number of imide groups is 2. The Morgan fingerprint density at radius 2 is 1.93 bits per heavy atom. The first-order valence-electron chi connectivity index (χ1n) is 9.99. The molecule has 3 unspecified atom stereocenters. The number of rotatable bonds is 5. The lowest BCUT2D eigenvalue weighted by Crippen LogP contribution is -2.67. The van der Waals surface area contributed by atoms with E-state index >= 15 is 0 Å². The highest BCUT2D eigenvalue weighted by molar-refractivity contribution is 6.20. The minimum absolute atomic E-state index is 0.115. The fourth-order valence-corrected chi connectivity index (χ4v) is 4.41. The van der Waals surface area contributed by atoms with Gasteiger partial charge in [-0.05, 0) is 58.4 Å². The summed E-state index contributed by atoms with van der Waals surface area (Å²) in [5, 5.41) is 3.19. The van der Waals surface area contributed by atoms with Crippen LogP contribution in [-0.4, -0.2) is 59.6 Å². The number of urea groups is 1. The fraction of sp³-hybridized carbons (Fsp3) is 0.700. The van der Waals surface area contributed by atoms with Crippen LogP contribution in [0.2, 0.25) is 0 Å². The van der Waals surface area contributed by atoms with Crippen LogP contribution in [0.1, 0.15) is 46.0 Å². The van der Waals surface area contributed by atoms with Crippen molar-refractivity contribution >= 4 is 23.6 Å². The van der Waals surface area contributed by atoms with Gasteiger partial charge in [0.25, 0.3) is 0 Å². The zero-order chi connectivity index (χ0) is 19.6. The van der Waals surface area contributed by atoms with Crippen molar-refractivity contribution in [2.45, 2.75) is 46.0 Å². The van der Waals surface area contributed by atoms with Crippen molar-refractivity contribution in [3.8, 4) is 0 Å². The number of amides is 4. The summed E-state index contributed by atoms with van der Waals surface area (Å²) < 4.78 is 0. The van der Waals surface area contributed by atoms with Crippen LogP contribution in [0.25, 0.3) is 0 Å². The molecule has 0 saturated carbocycles. The van der Waals surface area contributed by atoms with Crippen molar-refractivity contribution in [1.29, 1.82) is 0 Å². The molecule has 2 saturated heterocycles. The van der Waals surface area contributed by atoms with Gasteiger partial charge in [0.2, 0.25) is 11.8 Å². The molecule has 2 heterocycles. The lowest BCUT2D eigenvalue weighted by Gasteiger charge is -2.45. The molecular formula is C20H29N3O4. The number of nitrogens with zero attached hydrogens (tertiary/aromatic N) is 2. The fourth-order valence-electron chi connectivity index (χ4n) is 4.41. The van der Waals surface area contributed by atoms with Crippen LogP contribution < -0.4 is 5.32 Å². The van der Waals surface area contributed by atoms with Gasteiger partial charge in [-0.25, -0.2) is 4.79 Å². The number of allylic oxidation sites excluding steroid dienone is 2. The van der Waals surface area contributed by atoms with Crippen LogP contribution in [0.3, 0.4) is 0 Å². The van der Waals surface area contributed by atoms with E-state index < -0.39 is 23.3 Å². The van der Waals surface area contributed by atoms with Crippen LogP contribution in [-0.2, 0) is 14.4 Å². The Hall–Kier alpha value is -2.02. The van der Waals surface area contributed by atoms with Crippen molar-refractivity contribution in [2.24, 2.45) is 17.3 Å². The van der Waals surface area contributed by atoms with Gasteiger partial charge in [-0.3, -0.25) is 24.2 Å². The number of carbonyl (C=O) groups excluding carboxylic acids is 4. The Balaban J connectivity index is 1.88. The lowest BCUT2D eigenvalue weighted by atomic mass is 9.69. The molecule has 0 spiro atoms. The van der Waals surface area contributed by atoms with Gasteiger partial charge in [0.05, 0.1) is 6.54 Å². The van der Waals surface area contributed by atoms with Crippen molar-refractivity contribution in [2.75, 3.05) is 26.2 Å². The van der Waals surface area contributed by atoms with E-state index in [4.69, 9.17) is 0 Å². The number of hydrogen-bond donors (Lipinski definition) is 1. The largest absolute Gasteiger partial charge is 0.333 e. The third-order valence-corrected chi connectivity index (χ3v) is 6.22. The van der Waals surface area contributed by atoms with Crippen LogP contribution in [0.4, 0.5) is 4.79 Å². The summed E-state index contributed by atoms with van der Waals surface area (Å²) in [7, 11) is 0. The van der Waals surface area contributed by atoms with Gasteiger partial charge in [0.15, 0.2) is 5.78 Å². The predicted octanol–water partition coefficient (Wildman–Crippen LogP) is 1.73. The molecule has 2 aliphatic heterocycles. The standard InChI is InChI=1S/C20H29N3O4/c1-3-22-17(25)20(2,15-9-5-4-6-10-15)18(26)23(19(22)27)13-16(24)14-8-7-11-21-12-14/h5,9,14-15,21H,3-4,6-8,10-13H2,1-2H3. The van der Waals surface area contributed by atoms with Crippen LogP contribution in [0.15, 0.2) is 12.2 Å². The number of carbonyl (C=O) groups is 4. The molecule has 0 radical (unpaired) electrons. The Labute approximate surface area is 160 Å². The number of hydrogen-bond acceptors (Lipinski definition) is 5. The first-order chi connectivity index (χ1) is 12.9. The summed E-state index contributed by atoms with van der Waals surface area (Å²) in [5.41, 5.74) is -1.33. The molecule has 0 aromatic heterocycles. The van der Waals surface area contributed by atoms with Crippen LogP contribution in [0, 0.1) is 17.3 Å². The van der Waals surface area contributed by atoms with Gasteiger partial charge in [-0.15, -0.1) is 0 Å². The second kappa shape index (κ2) is 7.92. The van der Waals surface area contributed by atoms with E-state index in [1.807, 2.05) is 12.2 Å². The predicted molar refractivity (Wildman–Crippen MR) is 99.7 cm³/mol. The first kappa shape index (κ1) is 19.7. The second-order valence-corrected chi connectivity index (χ2v) is 7.90. The minimum atomic E-state index is -1.33. The molecule has 2 fully saturated rings. The third-order valence-electron chi connectivity index (χ3n) is 6.22. The van der Waals surface area contributed by atoms with Crippen molar-refractivity contribution < 1.29 is 19.2 Å². The molecule has 4 amide bonds. The minimum Gasteiger partial charge on any atom is -0.316 e. The smallest absolute Gasteiger partial charge is 0.316 e. The molecule has 0 bridgehead atoms. The summed E-state index contributed by atoms with van der Waals surface area (Å²) in [6.07, 6.45) is 8.16. The van der Waals surface area contributed by atoms with E-state index in [0.29, 0.717) is 6.54 Å². The maximum Gasteiger partial charge on any atom is 0.333 e.